The molecule has 2 rings (SSSR count). The predicted octanol–water partition coefficient (Wildman–Crippen LogP) is 3.18. The number of ketones is 1. The molecule has 0 spiro atoms. The zero-order valence-corrected chi connectivity index (χ0v) is 9.77. The van der Waals surface area contributed by atoms with E-state index < -0.39 is 0 Å². The van der Waals surface area contributed by atoms with Gasteiger partial charge in [0.1, 0.15) is 5.03 Å². The van der Waals surface area contributed by atoms with Gasteiger partial charge in [0, 0.05) is 17.1 Å². The molecule has 4 heteroatoms. The molecule has 0 saturated carbocycles. The van der Waals surface area contributed by atoms with Gasteiger partial charge in [-0.25, -0.2) is 4.98 Å². The zero-order chi connectivity index (χ0) is 9.97. The fraction of sp³-hybridized carbons (Fsp3) is 0.200. The molecule has 0 atom stereocenters. The Bertz CT molecular complexity index is 386. The van der Waals surface area contributed by atoms with Crippen LogP contribution in [0.5, 0.6) is 0 Å². The highest BCUT2D eigenvalue weighted by molar-refractivity contribution is 9.10. The number of aromatic nitrogens is 1. The largest absolute Gasteiger partial charge is 0.295 e. The van der Waals surface area contributed by atoms with Crippen molar-refractivity contribution in [1.29, 1.82) is 0 Å². The summed E-state index contributed by atoms with van der Waals surface area (Å²) >= 11 is 4.90. The summed E-state index contributed by atoms with van der Waals surface area (Å²) in [4.78, 5) is 16.3. The number of hydrogen-bond donors (Lipinski definition) is 0. The lowest BCUT2D eigenvalue weighted by molar-refractivity contribution is -0.114. The molecule has 1 aliphatic rings. The molecular formula is C10H8BrNOS. The number of allylic oxidation sites excluding steroid dienone is 2. The van der Waals surface area contributed by atoms with Gasteiger partial charge in [0.05, 0.1) is 0 Å². The minimum absolute atomic E-state index is 0.226. The number of thioether (sulfide) groups is 1. The fourth-order valence-electron chi connectivity index (χ4n) is 1.21. The molecule has 0 N–H and O–H groups in total. The van der Waals surface area contributed by atoms with Crippen LogP contribution in [0.4, 0.5) is 0 Å². The molecule has 1 aliphatic carbocycles. The molecule has 1 aromatic rings. The van der Waals surface area contributed by atoms with Gasteiger partial charge in [0.15, 0.2) is 5.78 Å². The van der Waals surface area contributed by atoms with Crippen LogP contribution < -0.4 is 0 Å². The van der Waals surface area contributed by atoms with E-state index in [9.17, 15) is 4.79 Å². The van der Waals surface area contributed by atoms with Crippen LogP contribution in [-0.2, 0) is 4.79 Å². The van der Waals surface area contributed by atoms with Crippen molar-refractivity contribution in [2.24, 2.45) is 0 Å². The Kier molecular flexibility index (Phi) is 3.03. The van der Waals surface area contributed by atoms with Gasteiger partial charge in [-0.3, -0.25) is 4.79 Å². The van der Waals surface area contributed by atoms with Crippen molar-refractivity contribution >= 4 is 33.5 Å². The molecule has 0 unspecified atom stereocenters. The first-order valence-electron chi connectivity index (χ1n) is 4.27. The van der Waals surface area contributed by atoms with Crippen LogP contribution in [0.1, 0.15) is 12.8 Å². The molecule has 0 aliphatic heterocycles. The third-order valence-electron chi connectivity index (χ3n) is 1.88. The second-order valence-corrected chi connectivity index (χ2v) is 5.06. The molecule has 2 nitrogen and oxygen atoms in total. The van der Waals surface area contributed by atoms with Crippen LogP contribution in [0.15, 0.2) is 38.8 Å². The molecule has 1 aromatic heterocycles. The monoisotopic (exact) mass is 269 g/mol. The quantitative estimate of drug-likeness (QED) is 0.826. The maximum absolute atomic E-state index is 11.0. The van der Waals surface area contributed by atoms with Crippen LogP contribution in [0, 0.1) is 0 Å². The van der Waals surface area contributed by atoms with Gasteiger partial charge < -0.3 is 0 Å². The number of carbonyl (C=O) groups excluding carboxylic acids is 1. The lowest BCUT2D eigenvalue weighted by Crippen LogP contribution is -1.80. The van der Waals surface area contributed by atoms with E-state index in [0.29, 0.717) is 6.42 Å². The number of pyridine rings is 1. The maximum atomic E-state index is 11.0. The molecule has 0 aromatic carbocycles. The van der Waals surface area contributed by atoms with Gasteiger partial charge >= 0.3 is 0 Å². The van der Waals surface area contributed by atoms with Crippen molar-refractivity contribution in [1.82, 2.24) is 4.98 Å². The second-order valence-electron chi connectivity index (χ2n) is 2.99. The molecule has 0 radical (unpaired) electrons. The zero-order valence-electron chi connectivity index (χ0n) is 7.37. The summed E-state index contributed by atoms with van der Waals surface area (Å²) in [5, 5.41) is 0.939. The van der Waals surface area contributed by atoms with Gasteiger partial charge in [-0.1, -0.05) is 11.8 Å². The molecule has 0 fully saturated rings. The number of carbonyl (C=O) groups is 1. The number of rotatable bonds is 2. The van der Waals surface area contributed by atoms with E-state index >= 15 is 0 Å². The van der Waals surface area contributed by atoms with Crippen molar-refractivity contribution in [3.8, 4) is 0 Å². The van der Waals surface area contributed by atoms with E-state index in [1.807, 2.05) is 12.1 Å². The van der Waals surface area contributed by atoms with E-state index in [0.717, 1.165) is 20.8 Å². The van der Waals surface area contributed by atoms with Crippen LogP contribution in [-0.4, -0.2) is 10.8 Å². The average molecular weight is 270 g/mol. The molecular weight excluding hydrogens is 262 g/mol. The Morgan fingerprint density at radius 3 is 2.79 bits per heavy atom. The van der Waals surface area contributed by atoms with Gasteiger partial charge in [0.25, 0.3) is 0 Å². The summed E-state index contributed by atoms with van der Waals surface area (Å²) in [6, 6.07) is 3.89. The molecule has 0 bridgehead atoms. The normalized spacial score (nSPS) is 15.8. The van der Waals surface area contributed by atoms with Crippen molar-refractivity contribution in [2.45, 2.75) is 17.9 Å². The Labute approximate surface area is 94.9 Å². The molecule has 0 saturated heterocycles. The highest BCUT2D eigenvalue weighted by Crippen LogP contribution is 2.32. The molecule has 14 heavy (non-hydrogen) atoms. The smallest absolute Gasteiger partial charge is 0.156 e. The first-order chi connectivity index (χ1) is 6.74. The first kappa shape index (κ1) is 9.93. The van der Waals surface area contributed by atoms with E-state index in [1.54, 1.807) is 24.0 Å². The first-order valence-corrected chi connectivity index (χ1v) is 5.88. The summed E-state index contributed by atoms with van der Waals surface area (Å²) in [7, 11) is 0. The highest BCUT2D eigenvalue weighted by atomic mass is 79.9. The third kappa shape index (κ3) is 2.45. The van der Waals surface area contributed by atoms with Crippen molar-refractivity contribution in [3.63, 3.8) is 0 Å². The van der Waals surface area contributed by atoms with Gasteiger partial charge in [-0.2, -0.15) is 0 Å². The van der Waals surface area contributed by atoms with Gasteiger partial charge in [-0.15, -0.1) is 0 Å². The van der Waals surface area contributed by atoms with Crippen LogP contribution in [0.3, 0.4) is 0 Å². The summed E-state index contributed by atoms with van der Waals surface area (Å²) < 4.78 is 0.971. The Morgan fingerprint density at radius 1 is 1.36 bits per heavy atom. The predicted molar refractivity (Wildman–Crippen MR) is 60.1 cm³/mol. The maximum Gasteiger partial charge on any atom is 0.156 e. The van der Waals surface area contributed by atoms with E-state index in [-0.39, 0.29) is 5.78 Å². The summed E-state index contributed by atoms with van der Waals surface area (Å²) in [6.45, 7) is 0. The minimum atomic E-state index is 0.226. The third-order valence-corrected chi connectivity index (χ3v) is 3.38. The van der Waals surface area contributed by atoms with Gasteiger partial charge in [-0.05, 0) is 45.5 Å². The summed E-state index contributed by atoms with van der Waals surface area (Å²) in [5.41, 5.74) is 0. The minimum Gasteiger partial charge on any atom is -0.295 e. The Morgan fingerprint density at radius 2 is 2.21 bits per heavy atom. The number of nitrogens with zero attached hydrogens (tertiary/aromatic N) is 1. The van der Waals surface area contributed by atoms with Crippen LogP contribution in [0.25, 0.3) is 0 Å². The van der Waals surface area contributed by atoms with Crippen LogP contribution >= 0.6 is 27.7 Å². The number of hydrogen-bond acceptors (Lipinski definition) is 3. The van der Waals surface area contributed by atoms with Crippen LogP contribution in [0.2, 0.25) is 0 Å². The molecule has 72 valence electrons. The van der Waals surface area contributed by atoms with Crippen molar-refractivity contribution in [2.75, 3.05) is 0 Å². The Hall–Kier alpha value is -0.610. The fourth-order valence-corrected chi connectivity index (χ4v) is 2.35. The SMILES string of the molecule is O=C1C=C(Sc2ccc(Br)cn2)CC1. The van der Waals surface area contributed by atoms with E-state index in [2.05, 4.69) is 20.9 Å². The topological polar surface area (TPSA) is 30.0 Å². The standard InChI is InChI=1S/C10H8BrNOS/c11-7-1-4-10(12-6-7)14-9-3-2-8(13)5-9/h1,4-6H,2-3H2. The Balaban J connectivity index is 2.08. The average Bonchev–Trinajstić information content (AvgIpc) is 2.56. The second kappa shape index (κ2) is 4.28. The van der Waals surface area contributed by atoms with Crippen molar-refractivity contribution in [3.05, 3.63) is 33.8 Å². The van der Waals surface area contributed by atoms with E-state index in [4.69, 9.17) is 0 Å². The summed E-state index contributed by atoms with van der Waals surface area (Å²) in [5.74, 6) is 0.226. The van der Waals surface area contributed by atoms with Crippen molar-refractivity contribution < 1.29 is 4.79 Å². The number of halogens is 1. The molecule has 1 heterocycles. The highest BCUT2D eigenvalue weighted by Gasteiger charge is 2.13. The molecule has 0 amide bonds. The lowest BCUT2D eigenvalue weighted by Gasteiger charge is -1.99. The summed E-state index contributed by atoms with van der Waals surface area (Å²) in [6.07, 6.45) is 4.99. The lowest BCUT2D eigenvalue weighted by atomic mass is 10.3. The van der Waals surface area contributed by atoms with E-state index in [1.165, 1.54) is 0 Å². The van der Waals surface area contributed by atoms with Gasteiger partial charge in [0.2, 0.25) is 0 Å².